The Hall–Kier alpha value is -1.04. The van der Waals surface area contributed by atoms with E-state index in [1.165, 1.54) is 5.56 Å². The molecule has 2 aliphatic heterocycles. The highest BCUT2D eigenvalue weighted by molar-refractivity contribution is 5.14. The van der Waals surface area contributed by atoms with E-state index in [4.69, 9.17) is 5.73 Å². The lowest BCUT2D eigenvalue weighted by atomic mass is 9.99. The maximum atomic E-state index is 13.0. The highest BCUT2D eigenvalue weighted by atomic mass is 19.3. The summed E-state index contributed by atoms with van der Waals surface area (Å²) in [6.45, 7) is 4.13. The molecule has 1 aromatic carbocycles. The molecule has 0 aromatic heterocycles. The van der Waals surface area contributed by atoms with Gasteiger partial charge in [-0.15, -0.1) is 0 Å². The predicted molar refractivity (Wildman–Crippen MR) is 95.5 cm³/mol. The van der Waals surface area contributed by atoms with E-state index < -0.39 is 5.92 Å². The Balaban J connectivity index is 0.000000198. The molecule has 2 saturated heterocycles. The van der Waals surface area contributed by atoms with Crippen molar-refractivity contribution in [3.05, 3.63) is 35.9 Å². The second-order valence-corrected chi connectivity index (χ2v) is 6.95. The molecule has 2 fully saturated rings. The summed E-state index contributed by atoms with van der Waals surface area (Å²) in [6, 6.07) is 10.8. The van der Waals surface area contributed by atoms with Crippen molar-refractivity contribution in [3.8, 4) is 0 Å². The summed E-state index contributed by atoms with van der Waals surface area (Å²) in [5.74, 6) is -2.40. The van der Waals surface area contributed by atoms with Crippen LogP contribution in [0.15, 0.2) is 30.3 Å². The average Bonchev–Trinajstić information content (AvgIpc) is 2.58. The largest absolute Gasteiger partial charge is 0.330 e. The molecule has 24 heavy (non-hydrogen) atoms. The van der Waals surface area contributed by atoms with Gasteiger partial charge < -0.3 is 10.6 Å². The molecule has 3 rings (SSSR count). The maximum absolute atomic E-state index is 13.0. The summed E-state index contributed by atoms with van der Waals surface area (Å²) >= 11 is 0. The second-order valence-electron chi connectivity index (χ2n) is 6.95. The van der Waals surface area contributed by atoms with E-state index in [1.54, 1.807) is 0 Å². The Morgan fingerprint density at radius 3 is 2.17 bits per heavy atom. The zero-order valence-electron chi connectivity index (χ0n) is 14.8. The molecule has 2 N–H and O–H groups in total. The Morgan fingerprint density at radius 1 is 1.04 bits per heavy atom. The van der Waals surface area contributed by atoms with Gasteiger partial charge in [0, 0.05) is 32.0 Å². The normalized spacial score (nSPS) is 22.7. The fraction of sp³-hybridized carbons (Fsp3) is 0.684. The van der Waals surface area contributed by atoms with Gasteiger partial charge in [0.15, 0.2) is 0 Å². The molecule has 0 atom stereocenters. The van der Waals surface area contributed by atoms with E-state index in [-0.39, 0.29) is 12.8 Å². The quantitative estimate of drug-likeness (QED) is 0.919. The monoisotopic (exact) mass is 339 g/mol. The number of piperidine rings is 2. The standard InChI is InChI=1S/C11H20F2N2.C8H11N/c1-14-6-2-10(3-7-14)15-8-4-11(12,13)5-9-15;9-7-6-8-4-2-1-3-5-8/h10H,2-9H2,1H3;1-5H,6-7,9H2. The second kappa shape index (κ2) is 9.44. The Kier molecular flexibility index (Phi) is 7.59. The van der Waals surface area contributed by atoms with Gasteiger partial charge in [0.2, 0.25) is 0 Å². The van der Waals surface area contributed by atoms with Crippen molar-refractivity contribution in [1.82, 2.24) is 9.80 Å². The third-order valence-corrected chi connectivity index (χ3v) is 5.01. The van der Waals surface area contributed by atoms with Gasteiger partial charge in [-0.1, -0.05) is 30.3 Å². The highest BCUT2D eigenvalue weighted by Crippen LogP contribution is 2.30. The van der Waals surface area contributed by atoms with Crippen LogP contribution in [0.4, 0.5) is 8.78 Å². The summed E-state index contributed by atoms with van der Waals surface area (Å²) in [6.07, 6.45) is 3.38. The van der Waals surface area contributed by atoms with Gasteiger partial charge in [-0.05, 0) is 51.5 Å². The molecule has 136 valence electrons. The summed E-state index contributed by atoms with van der Waals surface area (Å²) in [5, 5.41) is 0. The third-order valence-electron chi connectivity index (χ3n) is 5.01. The molecule has 0 radical (unpaired) electrons. The number of hydrogen-bond donors (Lipinski definition) is 1. The molecule has 0 unspecified atom stereocenters. The van der Waals surface area contributed by atoms with Gasteiger partial charge in [0.25, 0.3) is 5.92 Å². The van der Waals surface area contributed by atoms with E-state index in [0.717, 1.165) is 38.9 Å². The number of nitrogens with two attached hydrogens (primary N) is 1. The van der Waals surface area contributed by atoms with Crippen LogP contribution in [0.25, 0.3) is 0 Å². The van der Waals surface area contributed by atoms with Crippen LogP contribution in [0, 0.1) is 0 Å². The summed E-state index contributed by atoms with van der Waals surface area (Å²) < 4.78 is 25.9. The zero-order chi connectivity index (χ0) is 17.4. The minimum absolute atomic E-state index is 0.0549. The van der Waals surface area contributed by atoms with Crippen molar-refractivity contribution in [3.63, 3.8) is 0 Å². The number of likely N-dealkylation sites (tertiary alicyclic amines) is 2. The van der Waals surface area contributed by atoms with Crippen LogP contribution in [0.1, 0.15) is 31.2 Å². The summed E-state index contributed by atoms with van der Waals surface area (Å²) in [7, 11) is 2.13. The molecule has 3 nitrogen and oxygen atoms in total. The highest BCUT2D eigenvalue weighted by Gasteiger charge is 2.36. The molecule has 0 aliphatic carbocycles. The number of halogens is 2. The molecular formula is C19H31F2N3. The van der Waals surface area contributed by atoms with Gasteiger partial charge >= 0.3 is 0 Å². The molecule has 0 saturated carbocycles. The van der Waals surface area contributed by atoms with Crippen molar-refractivity contribution in [1.29, 1.82) is 0 Å². The molecule has 0 amide bonds. The average molecular weight is 339 g/mol. The molecule has 0 spiro atoms. The van der Waals surface area contributed by atoms with Crippen LogP contribution in [-0.2, 0) is 6.42 Å². The summed E-state index contributed by atoms with van der Waals surface area (Å²) in [4.78, 5) is 4.58. The SMILES string of the molecule is CN1CCC(N2CCC(F)(F)CC2)CC1.NCCc1ccccc1. The first-order chi connectivity index (χ1) is 11.5. The molecule has 1 aromatic rings. The lowest BCUT2D eigenvalue weighted by Crippen LogP contribution is -2.49. The fourth-order valence-corrected chi connectivity index (χ4v) is 3.39. The van der Waals surface area contributed by atoms with Crippen LogP contribution in [-0.4, -0.2) is 61.5 Å². The van der Waals surface area contributed by atoms with Gasteiger partial charge in [-0.2, -0.15) is 0 Å². The topological polar surface area (TPSA) is 32.5 Å². The Labute approximate surface area is 144 Å². The zero-order valence-corrected chi connectivity index (χ0v) is 14.8. The van der Waals surface area contributed by atoms with Gasteiger partial charge in [0.05, 0.1) is 0 Å². The predicted octanol–water partition coefficient (Wildman–Crippen LogP) is 3.00. The first-order valence-corrected chi connectivity index (χ1v) is 9.04. The summed E-state index contributed by atoms with van der Waals surface area (Å²) in [5.41, 5.74) is 6.68. The lowest BCUT2D eigenvalue weighted by Gasteiger charge is -2.40. The van der Waals surface area contributed by atoms with Crippen molar-refractivity contribution >= 4 is 0 Å². The van der Waals surface area contributed by atoms with Gasteiger partial charge in [-0.3, -0.25) is 4.90 Å². The van der Waals surface area contributed by atoms with E-state index in [2.05, 4.69) is 29.0 Å². The van der Waals surface area contributed by atoms with Gasteiger partial charge in [-0.25, -0.2) is 8.78 Å². The van der Waals surface area contributed by atoms with E-state index >= 15 is 0 Å². The van der Waals surface area contributed by atoms with E-state index in [9.17, 15) is 8.78 Å². The molecule has 5 heteroatoms. The minimum Gasteiger partial charge on any atom is -0.330 e. The number of alkyl halides is 2. The van der Waals surface area contributed by atoms with Crippen LogP contribution in [0.5, 0.6) is 0 Å². The van der Waals surface area contributed by atoms with Crippen LogP contribution >= 0.6 is 0 Å². The van der Waals surface area contributed by atoms with Crippen molar-refractivity contribution in [2.45, 2.75) is 44.1 Å². The van der Waals surface area contributed by atoms with Gasteiger partial charge in [0.1, 0.15) is 0 Å². The molecule has 0 bridgehead atoms. The van der Waals surface area contributed by atoms with Crippen LogP contribution < -0.4 is 5.73 Å². The third kappa shape index (κ3) is 6.46. The number of benzene rings is 1. The molecular weight excluding hydrogens is 308 g/mol. The van der Waals surface area contributed by atoms with Crippen molar-refractivity contribution < 1.29 is 8.78 Å². The number of rotatable bonds is 3. The fourth-order valence-electron chi connectivity index (χ4n) is 3.39. The number of hydrogen-bond acceptors (Lipinski definition) is 3. The van der Waals surface area contributed by atoms with Crippen LogP contribution in [0.3, 0.4) is 0 Å². The minimum atomic E-state index is -2.40. The van der Waals surface area contributed by atoms with Crippen molar-refractivity contribution in [2.24, 2.45) is 5.73 Å². The first-order valence-electron chi connectivity index (χ1n) is 9.04. The Bertz CT molecular complexity index is 449. The first kappa shape index (κ1) is 19.3. The molecule has 2 aliphatic rings. The Morgan fingerprint density at radius 2 is 1.62 bits per heavy atom. The van der Waals surface area contributed by atoms with Crippen molar-refractivity contribution in [2.75, 3.05) is 39.8 Å². The smallest absolute Gasteiger partial charge is 0.250 e. The van der Waals surface area contributed by atoms with Crippen LogP contribution in [0.2, 0.25) is 0 Å². The van der Waals surface area contributed by atoms with E-state index in [0.29, 0.717) is 19.1 Å². The maximum Gasteiger partial charge on any atom is 0.250 e. The van der Waals surface area contributed by atoms with E-state index in [1.807, 2.05) is 18.2 Å². The lowest BCUT2D eigenvalue weighted by molar-refractivity contribution is -0.0670. The molecule has 2 heterocycles. The number of nitrogens with zero attached hydrogens (tertiary/aromatic N) is 2.